The van der Waals surface area contributed by atoms with Crippen molar-refractivity contribution in [1.82, 2.24) is 4.57 Å². The topological polar surface area (TPSA) is 51.5 Å². The van der Waals surface area contributed by atoms with Crippen LogP contribution in [0.5, 0.6) is 5.75 Å². The highest BCUT2D eigenvalue weighted by Crippen LogP contribution is 2.28. The first-order valence-corrected chi connectivity index (χ1v) is 7.59. The second kappa shape index (κ2) is 6.14. The number of methoxy groups -OCH3 is 1. The van der Waals surface area contributed by atoms with Gasteiger partial charge in [-0.2, -0.15) is 0 Å². The van der Waals surface area contributed by atoms with Gasteiger partial charge in [0.25, 0.3) is 0 Å². The first kappa shape index (κ1) is 15.7. The molecule has 0 aliphatic rings. The zero-order valence-corrected chi connectivity index (χ0v) is 13.7. The van der Waals surface area contributed by atoms with Crippen molar-refractivity contribution < 1.29 is 14.6 Å². The SMILES string of the molecule is COc1ccc2c(C(=O)O)cn(Cc3cc(Cl)ccc3Cl)c2c1. The molecular formula is C17H13Cl2NO3. The molecule has 0 atom stereocenters. The molecule has 1 heterocycles. The summed E-state index contributed by atoms with van der Waals surface area (Å²) in [5, 5.41) is 11.2. The van der Waals surface area contributed by atoms with Gasteiger partial charge in [0.05, 0.1) is 18.2 Å². The molecule has 0 fully saturated rings. The van der Waals surface area contributed by atoms with E-state index in [1.165, 1.54) is 0 Å². The summed E-state index contributed by atoms with van der Waals surface area (Å²) < 4.78 is 7.06. The molecule has 0 saturated heterocycles. The standard InChI is InChI=1S/C17H13Cl2NO3/c1-23-12-3-4-13-14(17(21)22)9-20(16(13)7-12)8-10-6-11(18)2-5-15(10)19/h2-7,9H,8H2,1H3,(H,21,22). The lowest BCUT2D eigenvalue weighted by molar-refractivity contribution is 0.0699. The molecule has 6 heteroatoms. The molecule has 118 valence electrons. The summed E-state index contributed by atoms with van der Waals surface area (Å²) in [6, 6.07) is 10.5. The highest BCUT2D eigenvalue weighted by atomic mass is 35.5. The van der Waals surface area contributed by atoms with Crippen molar-refractivity contribution in [3.63, 3.8) is 0 Å². The summed E-state index contributed by atoms with van der Waals surface area (Å²) >= 11 is 12.2. The number of halogens is 2. The van der Waals surface area contributed by atoms with E-state index in [9.17, 15) is 9.90 Å². The molecule has 4 nitrogen and oxygen atoms in total. The van der Waals surface area contributed by atoms with Gasteiger partial charge < -0.3 is 14.4 Å². The molecule has 3 aromatic rings. The van der Waals surface area contributed by atoms with Gasteiger partial charge in [0.1, 0.15) is 5.75 Å². The Morgan fingerprint density at radius 1 is 1.22 bits per heavy atom. The van der Waals surface area contributed by atoms with Crippen LogP contribution in [-0.4, -0.2) is 22.8 Å². The van der Waals surface area contributed by atoms with Gasteiger partial charge in [0, 0.05) is 34.2 Å². The Balaban J connectivity index is 2.16. The van der Waals surface area contributed by atoms with Crippen LogP contribution in [0.3, 0.4) is 0 Å². The molecule has 23 heavy (non-hydrogen) atoms. The minimum atomic E-state index is -0.976. The lowest BCUT2D eigenvalue weighted by atomic mass is 10.1. The van der Waals surface area contributed by atoms with Crippen molar-refractivity contribution >= 4 is 40.1 Å². The number of ether oxygens (including phenoxy) is 1. The predicted molar refractivity (Wildman–Crippen MR) is 91.0 cm³/mol. The summed E-state index contributed by atoms with van der Waals surface area (Å²) in [6.07, 6.45) is 1.60. The third kappa shape index (κ3) is 3.00. The zero-order valence-electron chi connectivity index (χ0n) is 12.2. The van der Waals surface area contributed by atoms with Crippen LogP contribution in [0.15, 0.2) is 42.6 Å². The van der Waals surface area contributed by atoms with Crippen molar-refractivity contribution in [3.8, 4) is 5.75 Å². The number of nitrogens with zero attached hydrogens (tertiary/aromatic N) is 1. The number of aromatic nitrogens is 1. The fourth-order valence-electron chi connectivity index (χ4n) is 2.55. The minimum Gasteiger partial charge on any atom is -0.497 e. The van der Waals surface area contributed by atoms with E-state index in [-0.39, 0.29) is 5.56 Å². The third-order valence-electron chi connectivity index (χ3n) is 3.67. The molecule has 0 spiro atoms. The van der Waals surface area contributed by atoms with E-state index in [4.69, 9.17) is 27.9 Å². The number of hydrogen-bond acceptors (Lipinski definition) is 2. The van der Waals surface area contributed by atoms with Crippen molar-refractivity contribution in [2.75, 3.05) is 7.11 Å². The normalized spacial score (nSPS) is 10.9. The molecule has 0 unspecified atom stereocenters. The van der Waals surface area contributed by atoms with Gasteiger partial charge in [-0.05, 0) is 35.9 Å². The summed E-state index contributed by atoms with van der Waals surface area (Å²) in [6.45, 7) is 0.413. The van der Waals surface area contributed by atoms with Gasteiger partial charge in [-0.15, -0.1) is 0 Å². The monoisotopic (exact) mass is 349 g/mol. The average molecular weight is 350 g/mol. The van der Waals surface area contributed by atoms with Gasteiger partial charge in [-0.3, -0.25) is 0 Å². The van der Waals surface area contributed by atoms with Crippen molar-refractivity contribution in [2.24, 2.45) is 0 Å². The first-order valence-electron chi connectivity index (χ1n) is 6.83. The number of hydrogen-bond donors (Lipinski definition) is 1. The molecule has 0 radical (unpaired) electrons. The van der Waals surface area contributed by atoms with Gasteiger partial charge in [-0.1, -0.05) is 23.2 Å². The maximum absolute atomic E-state index is 11.5. The Bertz CT molecular complexity index is 902. The summed E-state index contributed by atoms with van der Waals surface area (Å²) in [5.74, 6) is -0.318. The predicted octanol–water partition coefficient (Wildman–Crippen LogP) is 4.70. The quantitative estimate of drug-likeness (QED) is 0.742. The molecule has 0 amide bonds. The Morgan fingerprint density at radius 3 is 2.70 bits per heavy atom. The fourth-order valence-corrected chi connectivity index (χ4v) is 2.92. The Labute approximate surface area is 142 Å². The van der Waals surface area contributed by atoms with Crippen LogP contribution in [-0.2, 0) is 6.54 Å². The lowest BCUT2D eigenvalue weighted by Gasteiger charge is -2.09. The van der Waals surface area contributed by atoms with E-state index in [2.05, 4.69) is 0 Å². The Morgan fingerprint density at radius 2 is 2.00 bits per heavy atom. The van der Waals surface area contributed by atoms with Crippen molar-refractivity contribution in [3.05, 3.63) is 63.8 Å². The summed E-state index contributed by atoms with van der Waals surface area (Å²) in [7, 11) is 1.57. The molecular weight excluding hydrogens is 337 g/mol. The highest BCUT2D eigenvalue weighted by molar-refractivity contribution is 6.33. The summed E-state index contributed by atoms with van der Waals surface area (Å²) in [5.41, 5.74) is 1.81. The van der Waals surface area contributed by atoms with E-state index in [1.54, 1.807) is 49.7 Å². The number of carbonyl (C=O) groups is 1. The minimum absolute atomic E-state index is 0.237. The van der Waals surface area contributed by atoms with Gasteiger partial charge in [0.2, 0.25) is 0 Å². The van der Waals surface area contributed by atoms with Gasteiger partial charge in [0.15, 0.2) is 0 Å². The number of benzene rings is 2. The number of fused-ring (bicyclic) bond motifs is 1. The average Bonchev–Trinajstić information content (AvgIpc) is 2.89. The number of aromatic carboxylic acids is 1. The van der Waals surface area contributed by atoms with Crippen LogP contribution in [0.25, 0.3) is 10.9 Å². The van der Waals surface area contributed by atoms with E-state index in [0.717, 1.165) is 11.1 Å². The van der Waals surface area contributed by atoms with E-state index < -0.39 is 5.97 Å². The van der Waals surface area contributed by atoms with E-state index >= 15 is 0 Å². The highest BCUT2D eigenvalue weighted by Gasteiger charge is 2.15. The smallest absolute Gasteiger partial charge is 0.337 e. The van der Waals surface area contributed by atoms with Crippen molar-refractivity contribution in [1.29, 1.82) is 0 Å². The molecule has 1 aromatic heterocycles. The molecule has 1 N–H and O–H groups in total. The van der Waals surface area contributed by atoms with Crippen LogP contribution >= 0.6 is 23.2 Å². The fraction of sp³-hybridized carbons (Fsp3) is 0.118. The Kier molecular flexibility index (Phi) is 4.20. The third-order valence-corrected chi connectivity index (χ3v) is 4.27. The second-order valence-corrected chi connectivity index (χ2v) is 5.94. The second-order valence-electron chi connectivity index (χ2n) is 5.09. The van der Waals surface area contributed by atoms with Crippen LogP contribution in [0, 0.1) is 0 Å². The largest absolute Gasteiger partial charge is 0.497 e. The Hall–Kier alpha value is -2.17. The van der Waals surface area contributed by atoms with Gasteiger partial charge >= 0.3 is 5.97 Å². The maximum Gasteiger partial charge on any atom is 0.337 e. The van der Waals surface area contributed by atoms with Crippen LogP contribution in [0.2, 0.25) is 10.0 Å². The molecule has 0 saturated carbocycles. The number of carboxylic acids is 1. The van der Waals surface area contributed by atoms with Crippen LogP contribution < -0.4 is 4.74 Å². The molecule has 2 aromatic carbocycles. The summed E-state index contributed by atoms with van der Waals surface area (Å²) in [4.78, 5) is 11.5. The van der Waals surface area contributed by atoms with Crippen LogP contribution in [0.1, 0.15) is 15.9 Å². The van der Waals surface area contributed by atoms with Gasteiger partial charge in [-0.25, -0.2) is 4.79 Å². The molecule has 0 bridgehead atoms. The van der Waals surface area contributed by atoms with Crippen LogP contribution in [0.4, 0.5) is 0 Å². The number of carboxylic acid groups (broad SMARTS) is 1. The van der Waals surface area contributed by atoms with E-state index in [0.29, 0.717) is 27.7 Å². The molecule has 0 aliphatic heterocycles. The van der Waals surface area contributed by atoms with E-state index in [1.807, 2.05) is 4.57 Å². The first-order chi connectivity index (χ1) is 11.0. The molecule has 0 aliphatic carbocycles. The van der Waals surface area contributed by atoms with Crippen molar-refractivity contribution in [2.45, 2.75) is 6.54 Å². The maximum atomic E-state index is 11.5. The lowest BCUT2D eigenvalue weighted by Crippen LogP contribution is -1.99. The number of rotatable bonds is 4. The molecule has 3 rings (SSSR count). The zero-order chi connectivity index (χ0) is 16.6.